The molecule has 0 spiro atoms. The number of fused-ring (bicyclic) bond motifs is 1. The van der Waals surface area contributed by atoms with Crippen LogP contribution in [0.1, 0.15) is 17.2 Å². The van der Waals surface area contributed by atoms with Gasteiger partial charge in [0.05, 0.1) is 30.3 Å². The SMILES string of the molecule is COc1ccccc1NC(=O)N1CCc2cc(S(=O)(=O)N3CC(c4ccccc4)NC3=O)ccc21. The van der Waals surface area contributed by atoms with Crippen molar-refractivity contribution >= 4 is 33.5 Å². The number of nitrogens with zero attached hydrogens (tertiary/aromatic N) is 2. The second-order valence-electron chi connectivity index (χ2n) is 8.27. The van der Waals surface area contributed by atoms with Crippen LogP contribution in [0.2, 0.25) is 0 Å². The van der Waals surface area contributed by atoms with E-state index in [-0.39, 0.29) is 17.5 Å². The van der Waals surface area contributed by atoms with Crippen molar-refractivity contribution in [1.82, 2.24) is 9.62 Å². The summed E-state index contributed by atoms with van der Waals surface area (Å²) in [6.45, 7) is 0.413. The van der Waals surface area contributed by atoms with Crippen LogP contribution in [0.15, 0.2) is 77.7 Å². The van der Waals surface area contributed by atoms with Crippen molar-refractivity contribution in [2.24, 2.45) is 0 Å². The number of hydrogen-bond acceptors (Lipinski definition) is 5. The van der Waals surface area contributed by atoms with Gasteiger partial charge < -0.3 is 15.4 Å². The van der Waals surface area contributed by atoms with Crippen LogP contribution in [0.25, 0.3) is 0 Å². The van der Waals surface area contributed by atoms with Crippen LogP contribution in [-0.4, -0.2) is 45.0 Å². The molecule has 180 valence electrons. The van der Waals surface area contributed by atoms with E-state index in [0.29, 0.717) is 30.1 Å². The zero-order valence-corrected chi connectivity index (χ0v) is 19.8. The summed E-state index contributed by atoms with van der Waals surface area (Å²) in [7, 11) is -2.53. The standard InChI is InChI=1S/C25H24N4O5S/c1-34-23-10-6-5-9-20(23)26-24(30)28-14-13-18-15-19(11-12-22(18)28)35(32,33)29-16-21(27-25(29)31)17-7-3-2-4-8-17/h2-12,15,21H,13-14,16H2,1H3,(H,26,30)(H,27,31). The topological polar surface area (TPSA) is 108 Å². The van der Waals surface area contributed by atoms with Gasteiger partial charge >= 0.3 is 12.1 Å². The molecule has 9 nitrogen and oxygen atoms in total. The van der Waals surface area contributed by atoms with Gasteiger partial charge in [-0.1, -0.05) is 42.5 Å². The van der Waals surface area contributed by atoms with E-state index in [2.05, 4.69) is 10.6 Å². The summed E-state index contributed by atoms with van der Waals surface area (Å²) in [6, 6.07) is 19.5. The molecule has 10 heteroatoms. The number of nitrogens with one attached hydrogen (secondary N) is 2. The molecule has 5 rings (SSSR count). The first kappa shape index (κ1) is 22.7. The van der Waals surface area contributed by atoms with Crippen LogP contribution in [0, 0.1) is 0 Å². The van der Waals surface area contributed by atoms with Gasteiger partial charge in [0.25, 0.3) is 10.0 Å². The molecule has 0 aliphatic carbocycles. The molecule has 0 radical (unpaired) electrons. The lowest BCUT2D eigenvalue weighted by atomic mass is 10.1. The number of sulfonamides is 1. The highest BCUT2D eigenvalue weighted by atomic mass is 32.2. The summed E-state index contributed by atoms with van der Waals surface area (Å²) >= 11 is 0. The number of para-hydroxylation sites is 2. The van der Waals surface area contributed by atoms with Gasteiger partial charge in [0.2, 0.25) is 0 Å². The molecular weight excluding hydrogens is 468 g/mol. The average Bonchev–Trinajstić information content (AvgIpc) is 3.48. The molecule has 3 aromatic rings. The third kappa shape index (κ3) is 4.17. The Hall–Kier alpha value is -4.05. The maximum Gasteiger partial charge on any atom is 0.331 e. The summed E-state index contributed by atoms with van der Waals surface area (Å²) in [5.74, 6) is 0.541. The predicted octanol–water partition coefficient (Wildman–Crippen LogP) is 3.75. The second kappa shape index (κ2) is 8.95. The van der Waals surface area contributed by atoms with Crippen molar-refractivity contribution < 1.29 is 22.7 Å². The van der Waals surface area contributed by atoms with Crippen LogP contribution >= 0.6 is 0 Å². The fraction of sp³-hybridized carbons (Fsp3) is 0.200. The number of anilines is 2. The third-order valence-electron chi connectivity index (χ3n) is 6.20. The van der Waals surface area contributed by atoms with Crippen LogP contribution in [0.3, 0.4) is 0 Å². The van der Waals surface area contributed by atoms with Gasteiger partial charge in [-0.15, -0.1) is 0 Å². The molecule has 2 aliphatic heterocycles. The van der Waals surface area contributed by atoms with E-state index < -0.39 is 22.1 Å². The number of ether oxygens (including phenoxy) is 1. The van der Waals surface area contributed by atoms with Gasteiger partial charge in [-0.2, -0.15) is 0 Å². The summed E-state index contributed by atoms with van der Waals surface area (Å²) in [5, 5.41) is 5.58. The second-order valence-corrected chi connectivity index (χ2v) is 10.1. The highest BCUT2D eigenvalue weighted by molar-refractivity contribution is 7.89. The zero-order chi connectivity index (χ0) is 24.6. The summed E-state index contributed by atoms with van der Waals surface area (Å²) in [5.41, 5.74) is 2.73. The van der Waals surface area contributed by atoms with Gasteiger partial charge in [0, 0.05) is 12.2 Å². The zero-order valence-electron chi connectivity index (χ0n) is 19.0. The minimum Gasteiger partial charge on any atom is -0.495 e. The van der Waals surface area contributed by atoms with E-state index in [4.69, 9.17) is 4.74 Å². The molecule has 0 saturated carbocycles. The fourth-order valence-corrected chi connectivity index (χ4v) is 5.81. The monoisotopic (exact) mass is 492 g/mol. The van der Waals surface area contributed by atoms with Crippen LogP contribution in [-0.2, 0) is 16.4 Å². The number of rotatable bonds is 5. The van der Waals surface area contributed by atoms with Gasteiger partial charge in [0.1, 0.15) is 5.75 Å². The van der Waals surface area contributed by atoms with E-state index in [0.717, 1.165) is 15.4 Å². The van der Waals surface area contributed by atoms with Crippen molar-refractivity contribution in [3.05, 3.63) is 83.9 Å². The Morgan fingerprint density at radius 2 is 1.80 bits per heavy atom. The Bertz CT molecular complexity index is 1390. The quantitative estimate of drug-likeness (QED) is 0.564. The lowest BCUT2D eigenvalue weighted by Crippen LogP contribution is -2.34. The molecule has 1 saturated heterocycles. The molecule has 35 heavy (non-hydrogen) atoms. The molecular formula is C25H24N4O5S. The fourth-order valence-electron chi connectivity index (χ4n) is 4.40. The maximum absolute atomic E-state index is 13.3. The molecule has 1 atom stereocenters. The lowest BCUT2D eigenvalue weighted by Gasteiger charge is -2.20. The van der Waals surface area contributed by atoms with E-state index >= 15 is 0 Å². The van der Waals surface area contributed by atoms with Crippen molar-refractivity contribution in [2.45, 2.75) is 17.4 Å². The smallest absolute Gasteiger partial charge is 0.331 e. The van der Waals surface area contributed by atoms with Crippen molar-refractivity contribution in [1.29, 1.82) is 0 Å². The number of amides is 4. The van der Waals surface area contributed by atoms with Crippen molar-refractivity contribution in [2.75, 3.05) is 30.4 Å². The van der Waals surface area contributed by atoms with Crippen LogP contribution in [0.4, 0.5) is 21.0 Å². The van der Waals surface area contributed by atoms with E-state index in [1.54, 1.807) is 35.2 Å². The Morgan fingerprint density at radius 1 is 1.06 bits per heavy atom. The van der Waals surface area contributed by atoms with Crippen molar-refractivity contribution in [3.8, 4) is 5.75 Å². The molecule has 3 aromatic carbocycles. The van der Waals surface area contributed by atoms with Crippen molar-refractivity contribution in [3.63, 3.8) is 0 Å². The highest BCUT2D eigenvalue weighted by Crippen LogP contribution is 2.34. The average molecular weight is 493 g/mol. The number of urea groups is 2. The number of methoxy groups -OCH3 is 1. The largest absolute Gasteiger partial charge is 0.495 e. The molecule has 2 heterocycles. The molecule has 1 unspecified atom stereocenters. The molecule has 2 N–H and O–H groups in total. The minimum absolute atomic E-state index is 0.00963. The van der Waals surface area contributed by atoms with E-state index in [1.807, 2.05) is 36.4 Å². The third-order valence-corrected chi connectivity index (χ3v) is 7.95. The Morgan fingerprint density at radius 3 is 2.57 bits per heavy atom. The lowest BCUT2D eigenvalue weighted by molar-refractivity contribution is 0.235. The normalized spacial score (nSPS) is 17.2. The number of benzene rings is 3. The predicted molar refractivity (Wildman–Crippen MR) is 131 cm³/mol. The molecule has 2 aliphatic rings. The first-order chi connectivity index (χ1) is 16.9. The summed E-state index contributed by atoms with van der Waals surface area (Å²) in [4.78, 5) is 27.1. The van der Waals surface area contributed by atoms with E-state index in [1.165, 1.54) is 13.2 Å². The molecule has 1 fully saturated rings. The number of hydrogen-bond donors (Lipinski definition) is 2. The minimum atomic E-state index is -4.06. The van der Waals surface area contributed by atoms with E-state index in [9.17, 15) is 18.0 Å². The van der Waals surface area contributed by atoms with Gasteiger partial charge in [-0.05, 0) is 47.9 Å². The first-order valence-corrected chi connectivity index (χ1v) is 12.5. The summed E-state index contributed by atoms with van der Waals surface area (Å²) in [6.07, 6.45) is 0.497. The molecule has 0 aromatic heterocycles. The number of carbonyl (C=O) groups excluding carboxylic acids is 2. The van der Waals surface area contributed by atoms with Crippen LogP contribution in [0.5, 0.6) is 5.75 Å². The number of carbonyl (C=O) groups is 2. The molecule has 0 bridgehead atoms. The Kier molecular flexibility index (Phi) is 5.81. The maximum atomic E-state index is 13.3. The van der Waals surface area contributed by atoms with Gasteiger partial charge in [0.15, 0.2) is 0 Å². The van der Waals surface area contributed by atoms with Crippen LogP contribution < -0.4 is 20.3 Å². The Balaban J connectivity index is 1.35. The Labute approximate surface area is 203 Å². The first-order valence-electron chi connectivity index (χ1n) is 11.1. The van der Waals surface area contributed by atoms with Gasteiger partial charge in [-0.25, -0.2) is 22.3 Å². The highest BCUT2D eigenvalue weighted by Gasteiger charge is 2.39. The van der Waals surface area contributed by atoms with Gasteiger partial charge in [-0.3, -0.25) is 4.90 Å². The molecule has 4 amide bonds. The summed E-state index contributed by atoms with van der Waals surface area (Å²) < 4.78 is 32.8.